The van der Waals surface area contributed by atoms with Gasteiger partial charge in [0, 0.05) is 6.54 Å². The number of carboxylic acids is 1. The summed E-state index contributed by atoms with van der Waals surface area (Å²) in [7, 11) is 0. The van der Waals surface area contributed by atoms with Gasteiger partial charge in [0.15, 0.2) is 5.54 Å². The Morgan fingerprint density at radius 2 is 1.90 bits per heavy atom. The summed E-state index contributed by atoms with van der Waals surface area (Å²) in [6.07, 6.45) is -2.70. The van der Waals surface area contributed by atoms with Crippen molar-refractivity contribution in [1.82, 2.24) is 4.90 Å². The minimum Gasteiger partial charge on any atom is -0.480 e. The quantitative estimate of drug-likeness (QED) is 0.795. The molecule has 5 nitrogen and oxygen atoms in total. The normalized spacial score (nSPS) is 32.9. The SMILES string of the molecule is CC(N)(C(=O)N1CC2CCCC2C1C(=O)O)C(F)(F)F. The average molecular weight is 294 g/mol. The van der Waals surface area contributed by atoms with Crippen LogP contribution in [-0.4, -0.2) is 46.2 Å². The molecule has 20 heavy (non-hydrogen) atoms. The van der Waals surface area contributed by atoms with E-state index in [-0.39, 0.29) is 18.4 Å². The Morgan fingerprint density at radius 1 is 1.30 bits per heavy atom. The van der Waals surface area contributed by atoms with E-state index in [4.69, 9.17) is 5.73 Å². The lowest BCUT2D eigenvalue weighted by Gasteiger charge is -2.33. The van der Waals surface area contributed by atoms with Crippen LogP contribution in [0.25, 0.3) is 0 Å². The fraction of sp³-hybridized carbons (Fsp3) is 0.833. The number of likely N-dealkylation sites (tertiary alicyclic amines) is 1. The zero-order valence-electron chi connectivity index (χ0n) is 11.0. The second-order valence-corrected chi connectivity index (χ2v) is 5.80. The van der Waals surface area contributed by atoms with Crippen molar-refractivity contribution in [2.45, 2.75) is 43.9 Å². The summed E-state index contributed by atoms with van der Waals surface area (Å²) < 4.78 is 38.5. The smallest absolute Gasteiger partial charge is 0.415 e. The van der Waals surface area contributed by atoms with Crippen LogP contribution in [0.1, 0.15) is 26.2 Å². The molecule has 1 amide bonds. The molecule has 1 saturated heterocycles. The van der Waals surface area contributed by atoms with Crippen molar-refractivity contribution in [3.05, 3.63) is 0 Å². The van der Waals surface area contributed by atoms with Crippen molar-refractivity contribution in [3.63, 3.8) is 0 Å². The predicted molar refractivity (Wildman–Crippen MR) is 62.6 cm³/mol. The number of carbonyl (C=O) groups excluding carboxylic acids is 1. The Balaban J connectivity index is 2.28. The molecular formula is C12H17F3N2O3. The Morgan fingerprint density at radius 3 is 2.40 bits per heavy atom. The van der Waals surface area contributed by atoms with Gasteiger partial charge in [-0.3, -0.25) is 4.79 Å². The second kappa shape index (κ2) is 4.61. The predicted octanol–water partition coefficient (Wildman–Crippen LogP) is 0.978. The van der Waals surface area contributed by atoms with Crippen LogP contribution in [-0.2, 0) is 9.59 Å². The highest BCUT2D eigenvalue weighted by Gasteiger charge is 2.59. The maximum atomic E-state index is 12.8. The number of nitrogens with zero attached hydrogens (tertiary/aromatic N) is 1. The number of aliphatic carboxylic acids is 1. The van der Waals surface area contributed by atoms with Crippen molar-refractivity contribution in [2.24, 2.45) is 17.6 Å². The van der Waals surface area contributed by atoms with Crippen molar-refractivity contribution in [1.29, 1.82) is 0 Å². The lowest BCUT2D eigenvalue weighted by molar-refractivity contribution is -0.195. The molecule has 1 heterocycles. The number of halogens is 3. The van der Waals surface area contributed by atoms with Gasteiger partial charge in [-0.2, -0.15) is 13.2 Å². The zero-order chi connectivity index (χ0) is 15.3. The van der Waals surface area contributed by atoms with Crippen LogP contribution in [0.3, 0.4) is 0 Å². The van der Waals surface area contributed by atoms with Gasteiger partial charge >= 0.3 is 12.1 Å². The lowest BCUT2D eigenvalue weighted by Crippen LogP contribution is -2.63. The molecule has 8 heteroatoms. The third-order valence-electron chi connectivity index (χ3n) is 4.44. The minimum atomic E-state index is -4.91. The number of rotatable bonds is 2. The van der Waals surface area contributed by atoms with E-state index in [9.17, 15) is 27.9 Å². The molecule has 114 valence electrons. The molecule has 2 fully saturated rings. The summed E-state index contributed by atoms with van der Waals surface area (Å²) in [6.45, 7) is 0.631. The fourth-order valence-corrected chi connectivity index (χ4v) is 3.25. The number of fused-ring (bicyclic) bond motifs is 1. The number of nitrogens with two attached hydrogens (primary N) is 1. The third-order valence-corrected chi connectivity index (χ3v) is 4.44. The lowest BCUT2D eigenvalue weighted by atomic mass is 9.93. The highest BCUT2D eigenvalue weighted by molar-refractivity contribution is 5.91. The van der Waals surface area contributed by atoms with E-state index in [0.717, 1.165) is 17.7 Å². The summed E-state index contributed by atoms with van der Waals surface area (Å²) in [4.78, 5) is 24.2. The first-order chi connectivity index (χ1) is 9.07. The molecule has 0 bridgehead atoms. The number of hydrogen-bond donors (Lipinski definition) is 2. The van der Waals surface area contributed by atoms with E-state index >= 15 is 0 Å². The molecule has 1 aliphatic heterocycles. The van der Waals surface area contributed by atoms with Crippen LogP contribution in [0.4, 0.5) is 13.2 Å². The summed E-state index contributed by atoms with van der Waals surface area (Å²) in [6, 6.07) is -1.19. The van der Waals surface area contributed by atoms with Gasteiger partial charge in [-0.1, -0.05) is 6.42 Å². The van der Waals surface area contributed by atoms with E-state index in [0.29, 0.717) is 13.3 Å². The van der Waals surface area contributed by atoms with Gasteiger partial charge in [-0.25, -0.2) is 4.79 Å². The van der Waals surface area contributed by atoms with E-state index in [2.05, 4.69) is 0 Å². The zero-order valence-corrected chi connectivity index (χ0v) is 11.0. The summed E-state index contributed by atoms with van der Waals surface area (Å²) in [5, 5.41) is 9.23. The number of carbonyl (C=O) groups is 2. The van der Waals surface area contributed by atoms with Gasteiger partial charge in [-0.15, -0.1) is 0 Å². The molecule has 0 aromatic carbocycles. The van der Waals surface area contributed by atoms with Crippen molar-refractivity contribution >= 4 is 11.9 Å². The van der Waals surface area contributed by atoms with Crippen LogP contribution >= 0.6 is 0 Å². The highest BCUT2D eigenvalue weighted by atomic mass is 19.4. The summed E-state index contributed by atoms with van der Waals surface area (Å²) >= 11 is 0. The summed E-state index contributed by atoms with van der Waals surface area (Å²) in [5.74, 6) is -2.91. The first-order valence-electron chi connectivity index (χ1n) is 6.47. The highest BCUT2D eigenvalue weighted by Crippen LogP contribution is 2.43. The monoisotopic (exact) mass is 294 g/mol. The van der Waals surface area contributed by atoms with Gasteiger partial charge in [-0.05, 0) is 31.6 Å². The van der Waals surface area contributed by atoms with Crippen LogP contribution in [0.5, 0.6) is 0 Å². The van der Waals surface area contributed by atoms with E-state index in [1.807, 2.05) is 0 Å². The van der Waals surface area contributed by atoms with Crippen molar-refractivity contribution < 1.29 is 27.9 Å². The van der Waals surface area contributed by atoms with Gasteiger partial charge in [0.25, 0.3) is 5.91 Å². The van der Waals surface area contributed by atoms with Crippen LogP contribution in [0.15, 0.2) is 0 Å². The van der Waals surface area contributed by atoms with Crippen molar-refractivity contribution in [2.75, 3.05) is 6.54 Å². The molecule has 0 aromatic rings. The maximum absolute atomic E-state index is 12.8. The van der Waals surface area contributed by atoms with Gasteiger partial charge < -0.3 is 15.7 Å². The molecule has 0 radical (unpaired) electrons. The molecule has 4 unspecified atom stereocenters. The molecular weight excluding hydrogens is 277 g/mol. The number of amides is 1. The Kier molecular flexibility index (Phi) is 3.48. The maximum Gasteiger partial charge on any atom is 0.415 e. The molecule has 2 rings (SSSR count). The second-order valence-electron chi connectivity index (χ2n) is 5.80. The van der Waals surface area contributed by atoms with Gasteiger partial charge in [0.1, 0.15) is 6.04 Å². The minimum absolute atomic E-state index is 0.0379. The molecule has 1 aliphatic carbocycles. The van der Waals surface area contributed by atoms with E-state index in [1.165, 1.54) is 0 Å². The molecule has 1 saturated carbocycles. The Labute approximate surface area is 113 Å². The Hall–Kier alpha value is -1.31. The molecule has 3 N–H and O–H groups in total. The standard InChI is InChI=1S/C12H17F3N2O3/c1-11(16,12(13,14)15)10(20)17-5-6-3-2-4-7(6)8(17)9(18)19/h6-8H,2-5,16H2,1H3,(H,18,19). The van der Waals surface area contributed by atoms with Crippen molar-refractivity contribution in [3.8, 4) is 0 Å². The fourth-order valence-electron chi connectivity index (χ4n) is 3.25. The van der Waals surface area contributed by atoms with Gasteiger partial charge in [0.2, 0.25) is 0 Å². The summed E-state index contributed by atoms with van der Waals surface area (Å²) in [5.41, 5.74) is 2.06. The third kappa shape index (κ3) is 2.15. The number of alkyl halides is 3. The number of hydrogen-bond acceptors (Lipinski definition) is 3. The Bertz CT molecular complexity index is 436. The molecule has 0 spiro atoms. The first-order valence-corrected chi connectivity index (χ1v) is 6.47. The topological polar surface area (TPSA) is 83.6 Å². The first kappa shape index (κ1) is 15.1. The van der Waals surface area contributed by atoms with Crippen LogP contribution in [0.2, 0.25) is 0 Å². The van der Waals surface area contributed by atoms with E-state index in [1.54, 1.807) is 0 Å². The van der Waals surface area contributed by atoms with E-state index < -0.39 is 29.6 Å². The van der Waals surface area contributed by atoms with Crippen LogP contribution < -0.4 is 5.73 Å². The molecule has 2 aliphatic rings. The molecule has 0 aromatic heterocycles. The average Bonchev–Trinajstić information content (AvgIpc) is 2.84. The van der Waals surface area contributed by atoms with Gasteiger partial charge in [0.05, 0.1) is 0 Å². The number of carboxylic acid groups (broad SMARTS) is 1. The largest absolute Gasteiger partial charge is 0.480 e. The molecule has 4 atom stereocenters. The van der Waals surface area contributed by atoms with Crippen LogP contribution in [0, 0.1) is 11.8 Å².